The number of rotatable bonds is 2. The van der Waals surface area contributed by atoms with Gasteiger partial charge in [0.25, 0.3) is 0 Å². The number of nitrogens with one attached hydrogen (secondary N) is 2. The molecule has 2 N–H and O–H groups in total. The average molecular weight is 299 g/mol. The molecular formula is C17H21N3O2. The third-order valence-electron chi connectivity index (χ3n) is 5.60. The van der Waals surface area contributed by atoms with Crippen molar-refractivity contribution in [2.45, 2.75) is 33.6 Å². The number of benzene rings is 1. The minimum Gasteiger partial charge on any atom is -0.307 e. The van der Waals surface area contributed by atoms with Gasteiger partial charge in [-0.15, -0.1) is 0 Å². The molecule has 3 rings (SSSR count). The quantitative estimate of drug-likeness (QED) is 0.823. The summed E-state index contributed by atoms with van der Waals surface area (Å²) in [7, 11) is 0. The van der Waals surface area contributed by atoms with E-state index in [2.05, 4.69) is 29.7 Å². The van der Waals surface area contributed by atoms with Crippen LogP contribution in [-0.4, -0.2) is 17.5 Å². The molecule has 22 heavy (non-hydrogen) atoms. The molecule has 2 amide bonds. The fourth-order valence-electron chi connectivity index (χ4n) is 3.75. The molecule has 2 aliphatic carbocycles. The Bertz CT molecular complexity index is 651. The highest BCUT2D eigenvalue weighted by molar-refractivity contribution is 6.45. The number of hydrazone groups is 1. The lowest BCUT2D eigenvalue weighted by atomic mass is 9.70. The Kier molecular flexibility index (Phi) is 3.31. The Morgan fingerprint density at radius 1 is 1.23 bits per heavy atom. The molecule has 5 nitrogen and oxygen atoms in total. The first-order valence-corrected chi connectivity index (χ1v) is 7.61. The van der Waals surface area contributed by atoms with Crippen LogP contribution in [0.4, 0.5) is 10.5 Å². The maximum atomic E-state index is 12.6. The number of fused-ring (bicyclic) bond motifs is 2. The lowest BCUT2D eigenvalue weighted by Crippen LogP contribution is -2.34. The second-order valence-corrected chi connectivity index (χ2v) is 6.90. The van der Waals surface area contributed by atoms with Crippen LogP contribution in [0.25, 0.3) is 0 Å². The van der Waals surface area contributed by atoms with E-state index in [9.17, 15) is 9.59 Å². The Morgan fingerprint density at radius 2 is 1.91 bits per heavy atom. The van der Waals surface area contributed by atoms with Gasteiger partial charge in [0.05, 0.1) is 0 Å². The highest BCUT2D eigenvalue weighted by atomic mass is 16.2. The summed E-state index contributed by atoms with van der Waals surface area (Å²) < 4.78 is 0. The van der Waals surface area contributed by atoms with Crippen molar-refractivity contribution in [3.63, 3.8) is 0 Å². The van der Waals surface area contributed by atoms with Gasteiger partial charge >= 0.3 is 6.03 Å². The van der Waals surface area contributed by atoms with Crippen molar-refractivity contribution in [3.05, 3.63) is 30.3 Å². The van der Waals surface area contributed by atoms with E-state index in [1.165, 1.54) is 0 Å². The zero-order valence-corrected chi connectivity index (χ0v) is 13.1. The molecule has 0 saturated heterocycles. The Balaban J connectivity index is 1.72. The van der Waals surface area contributed by atoms with Crippen LogP contribution in [0, 0.1) is 16.7 Å². The van der Waals surface area contributed by atoms with Crippen molar-refractivity contribution in [2.75, 3.05) is 5.32 Å². The number of amides is 2. The van der Waals surface area contributed by atoms with Crippen LogP contribution in [-0.2, 0) is 4.79 Å². The van der Waals surface area contributed by atoms with E-state index in [0.29, 0.717) is 11.4 Å². The number of anilines is 1. The monoisotopic (exact) mass is 299 g/mol. The van der Waals surface area contributed by atoms with Crippen LogP contribution >= 0.6 is 0 Å². The van der Waals surface area contributed by atoms with E-state index >= 15 is 0 Å². The molecule has 2 saturated carbocycles. The number of para-hydroxylation sites is 1. The summed E-state index contributed by atoms with van der Waals surface area (Å²) in [4.78, 5) is 24.5. The smallest absolute Gasteiger partial charge is 0.307 e. The predicted octanol–water partition coefficient (Wildman–Crippen LogP) is 3.19. The SMILES string of the molecule is CC1(C)[C@H]2CC[C@]1(C)C(=O)/C2=N\NC(=O)Nc1ccccc1. The second-order valence-electron chi connectivity index (χ2n) is 6.90. The number of Topliss-reactive ketones (excluding diaryl/α,β-unsaturated/α-hetero) is 1. The van der Waals surface area contributed by atoms with Gasteiger partial charge in [-0.1, -0.05) is 39.0 Å². The van der Waals surface area contributed by atoms with Gasteiger partial charge in [0.2, 0.25) is 0 Å². The standard InChI is InChI=1S/C17H21N3O2/c1-16(2)12-9-10-17(16,3)14(21)13(12)19-20-15(22)18-11-7-5-4-6-8-11/h4-8,12H,9-10H2,1-3H3,(H2,18,20,22)/b19-13-/t12-,17+/m0/s1. The molecule has 0 aliphatic heterocycles. The summed E-state index contributed by atoms with van der Waals surface area (Å²) in [6.45, 7) is 6.26. The summed E-state index contributed by atoms with van der Waals surface area (Å²) in [6, 6.07) is 8.70. The Morgan fingerprint density at radius 3 is 2.50 bits per heavy atom. The molecule has 0 aromatic heterocycles. The lowest BCUT2D eigenvalue weighted by Gasteiger charge is -2.31. The topological polar surface area (TPSA) is 70.6 Å². The molecule has 2 fully saturated rings. The number of nitrogens with zero attached hydrogens (tertiary/aromatic N) is 1. The van der Waals surface area contributed by atoms with Crippen LogP contribution < -0.4 is 10.7 Å². The fraction of sp³-hybridized carbons (Fsp3) is 0.471. The molecule has 1 aromatic rings. The molecule has 2 atom stereocenters. The van der Waals surface area contributed by atoms with Crippen LogP contribution in [0.1, 0.15) is 33.6 Å². The van der Waals surface area contributed by atoms with Gasteiger partial charge in [-0.05, 0) is 30.4 Å². The first-order chi connectivity index (χ1) is 10.4. The molecular weight excluding hydrogens is 278 g/mol. The summed E-state index contributed by atoms with van der Waals surface area (Å²) in [5.74, 6) is 0.204. The number of urea groups is 1. The first-order valence-electron chi connectivity index (χ1n) is 7.61. The molecule has 0 unspecified atom stereocenters. The van der Waals surface area contributed by atoms with Gasteiger partial charge in [-0.2, -0.15) is 5.10 Å². The van der Waals surface area contributed by atoms with Crippen LogP contribution in [0.5, 0.6) is 0 Å². The summed E-state index contributed by atoms with van der Waals surface area (Å²) >= 11 is 0. The third kappa shape index (κ3) is 2.03. The number of carbonyl (C=O) groups excluding carboxylic acids is 2. The number of hydrogen-bond acceptors (Lipinski definition) is 3. The van der Waals surface area contributed by atoms with Crippen LogP contribution in [0.2, 0.25) is 0 Å². The van der Waals surface area contributed by atoms with Crippen molar-refractivity contribution >= 4 is 23.2 Å². The van der Waals surface area contributed by atoms with Gasteiger partial charge in [0, 0.05) is 17.0 Å². The maximum Gasteiger partial charge on any atom is 0.339 e. The molecule has 0 spiro atoms. The van der Waals surface area contributed by atoms with E-state index < -0.39 is 6.03 Å². The van der Waals surface area contributed by atoms with Crippen LogP contribution in [0.3, 0.4) is 0 Å². The molecule has 2 bridgehead atoms. The minimum atomic E-state index is -0.433. The van der Waals surface area contributed by atoms with Gasteiger partial charge in [0.15, 0.2) is 5.78 Å². The molecule has 0 radical (unpaired) electrons. The molecule has 116 valence electrons. The van der Waals surface area contributed by atoms with Gasteiger partial charge < -0.3 is 5.32 Å². The zero-order valence-electron chi connectivity index (χ0n) is 13.1. The van der Waals surface area contributed by atoms with E-state index in [1.54, 1.807) is 12.1 Å². The summed E-state index contributed by atoms with van der Waals surface area (Å²) in [6.07, 6.45) is 1.86. The van der Waals surface area contributed by atoms with E-state index in [1.807, 2.05) is 25.1 Å². The number of carbonyl (C=O) groups is 2. The largest absolute Gasteiger partial charge is 0.339 e. The number of ketones is 1. The minimum absolute atomic E-state index is 0.0776. The Labute approximate surface area is 130 Å². The zero-order chi connectivity index (χ0) is 16.0. The summed E-state index contributed by atoms with van der Waals surface area (Å²) in [5.41, 5.74) is 3.21. The summed E-state index contributed by atoms with van der Waals surface area (Å²) in [5, 5.41) is 6.82. The maximum absolute atomic E-state index is 12.6. The molecule has 5 heteroatoms. The van der Waals surface area contributed by atoms with Crippen molar-refractivity contribution in [1.82, 2.24) is 5.43 Å². The number of hydrogen-bond donors (Lipinski definition) is 2. The van der Waals surface area contributed by atoms with Crippen molar-refractivity contribution in [3.8, 4) is 0 Å². The second kappa shape index (κ2) is 4.93. The van der Waals surface area contributed by atoms with Crippen molar-refractivity contribution in [2.24, 2.45) is 21.8 Å². The van der Waals surface area contributed by atoms with Gasteiger partial charge in [-0.25, -0.2) is 10.2 Å². The normalized spacial score (nSPS) is 30.6. The average Bonchev–Trinajstić information content (AvgIpc) is 2.79. The highest BCUT2D eigenvalue weighted by Gasteiger charge is 2.65. The van der Waals surface area contributed by atoms with Gasteiger partial charge in [0.1, 0.15) is 5.71 Å². The molecule has 1 aromatic carbocycles. The highest BCUT2D eigenvalue weighted by Crippen LogP contribution is 2.62. The van der Waals surface area contributed by atoms with Crippen molar-refractivity contribution < 1.29 is 9.59 Å². The Hall–Kier alpha value is -2.17. The van der Waals surface area contributed by atoms with Gasteiger partial charge in [-0.3, -0.25) is 4.79 Å². The van der Waals surface area contributed by atoms with E-state index in [-0.39, 0.29) is 22.5 Å². The van der Waals surface area contributed by atoms with Crippen LogP contribution in [0.15, 0.2) is 35.4 Å². The molecule has 2 aliphatic rings. The lowest BCUT2D eigenvalue weighted by molar-refractivity contribution is -0.123. The van der Waals surface area contributed by atoms with E-state index in [4.69, 9.17) is 0 Å². The third-order valence-corrected chi connectivity index (χ3v) is 5.60. The fourth-order valence-corrected chi connectivity index (χ4v) is 3.75. The molecule has 0 heterocycles. The predicted molar refractivity (Wildman–Crippen MR) is 85.7 cm³/mol. The first kappa shape index (κ1) is 14.8. The van der Waals surface area contributed by atoms with Crippen molar-refractivity contribution in [1.29, 1.82) is 0 Å². The van der Waals surface area contributed by atoms with E-state index in [0.717, 1.165) is 12.8 Å².